The molecular weight excluding hydrogens is 380 g/mol. The Kier molecular flexibility index (Phi) is 5.39. The van der Waals surface area contributed by atoms with Gasteiger partial charge in [0.05, 0.1) is 17.9 Å². The van der Waals surface area contributed by atoms with Crippen LogP contribution in [0.15, 0.2) is 24.4 Å². The Labute approximate surface area is 164 Å². The largest absolute Gasteiger partial charge is 0.376 e. The van der Waals surface area contributed by atoms with Crippen molar-refractivity contribution >= 4 is 21.4 Å². The van der Waals surface area contributed by atoms with Crippen LogP contribution >= 0.6 is 0 Å². The van der Waals surface area contributed by atoms with Gasteiger partial charge >= 0.3 is 0 Å². The fraction of sp³-hybridized carbons (Fsp3) is 0.579. The van der Waals surface area contributed by atoms with Gasteiger partial charge in [0.1, 0.15) is 5.82 Å². The normalized spacial score (nSPS) is 23.9. The smallest absolute Gasteiger partial charge is 0.272 e. The van der Waals surface area contributed by atoms with Crippen LogP contribution in [0.25, 0.3) is 5.52 Å². The Morgan fingerprint density at radius 1 is 1.32 bits per heavy atom. The van der Waals surface area contributed by atoms with Gasteiger partial charge in [-0.15, -0.1) is 0 Å². The number of piperidine rings is 1. The van der Waals surface area contributed by atoms with Crippen LogP contribution in [0.1, 0.15) is 47.9 Å². The molecule has 1 amide bonds. The highest BCUT2D eigenvalue weighted by Gasteiger charge is 2.31. The molecule has 2 unspecified atom stereocenters. The van der Waals surface area contributed by atoms with Gasteiger partial charge in [-0.2, -0.15) is 0 Å². The monoisotopic (exact) mass is 406 g/mol. The summed E-state index contributed by atoms with van der Waals surface area (Å²) in [4.78, 5) is 17.4. The molecule has 0 aliphatic carbocycles. The van der Waals surface area contributed by atoms with Gasteiger partial charge in [0.15, 0.2) is 5.69 Å². The third-order valence-electron chi connectivity index (χ3n) is 5.52. The number of rotatable bonds is 5. The average molecular weight is 407 g/mol. The van der Waals surface area contributed by atoms with Crippen molar-refractivity contribution in [1.82, 2.24) is 19.0 Å². The highest BCUT2D eigenvalue weighted by atomic mass is 32.2. The van der Waals surface area contributed by atoms with Crippen molar-refractivity contribution in [1.29, 1.82) is 0 Å². The van der Waals surface area contributed by atoms with Crippen LogP contribution in [0.4, 0.5) is 0 Å². The molecular formula is C19H26N4O4S. The van der Waals surface area contributed by atoms with E-state index in [1.165, 1.54) is 10.6 Å². The first-order valence-corrected chi connectivity index (χ1v) is 11.6. The molecule has 1 N–H and O–H groups in total. The molecule has 0 aromatic carbocycles. The third kappa shape index (κ3) is 3.92. The van der Waals surface area contributed by atoms with E-state index in [4.69, 9.17) is 4.74 Å². The lowest BCUT2D eigenvalue weighted by atomic mass is 9.99. The molecule has 2 aromatic heterocycles. The molecule has 9 heteroatoms. The summed E-state index contributed by atoms with van der Waals surface area (Å²) in [6.07, 6.45) is 6.79. The van der Waals surface area contributed by atoms with E-state index in [0.717, 1.165) is 43.6 Å². The molecule has 28 heavy (non-hydrogen) atoms. The van der Waals surface area contributed by atoms with Gasteiger partial charge in [0, 0.05) is 38.4 Å². The first-order valence-electron chi connectivity index (χ1n) is 9.75. The fourth-order valence-corrected chi connectivity index (χ4v) is 4.98. The van der Waals surface area contributed by atoms with Crippen LogP contribution in [0, 0.1) is 0 Å². The number of ether oxygens (including phenoxy) is 1. The maximum atomic E-state index is 12.8. The van der Waals surface area contributed by atoms with E-state index < -0.39 is 10.0 Å². The summed E-state index contributed by atoms with van der Waals surface area (Å²) in [6, 6.07) is 5.64. The minimum Gasteiger partial charge on any atom is -0.376 e. The zero-order chi connectivity index (χ0) is 19.7. The lowest BCUT2D eigenvalue weighted by Crippen LogP contribution is -2.38. The first-order chi connectivity index (χ1) is 13.4. The van der Waals surface area contributed by atoms with Crippen LogP contribution in [0.5, 0.6) is 0 Å². The van der Waals surface area contributed by atoms with Crippen LogP contribution in [-0.2, 0) is 14.8 Å². The minimum atomic E-state index is -3.24. The SMILES string of the molecule is CS(=O)(=O)N1CCCC(c2nc(C(=O)NCC3CCCO3)c3ccccn23)C1. The lowest BCUT2D eigenvalue weighted by molar-refractivity contribution is 0.0855. The lowest BCUT2D eigenvalue weighted by Gasteiger charge is -2.30. The van der Waals surface area contributed by atoms with Gasteiger partial charge < -0.3 is 14.5 Å². The van der Waals surface area contributed by atoms with Crippen molar-refractivity contribution in [2.24, 2.45) is 0 Å². The fourth-order valence-electron chi connectivity index (χ4n) is 4.07. The maximum Gasteiger partial charge on any atom is 0.272 e. The van der Waals surface area contributed by atoms with Crippen molar-refractivity contribution in [3.63, 3.8) is 0 Å². The van der Waals surface area contributed by atoms with Crippen molar-refractivity contribution in [3.05, 3.63) is 35.9 Å². The summed E-state index contributed by atoms with van der Waals surface area (Å²) < 4.78 is 32.9. The van der Waals surface area contributed by atoms with Gasteiger partial charge in [-0.05, 0) is 37.8 Å². The maximum absolute atomic E-state index is 12.8. The quantitative estimate of drug-likeness (QED) is 0.810. The van der Waals surface area contributed by atoms with E-state index in [1.54, 1.807) is 0 Å². The Hall–Kier alpha value is -1.97. The number of hydrogen-bond acceptors (Lipinski definition) is 5. The van der Waals surface area contributed by atoms with Crippen LogP contribution in [0.2, 0.25) is 0 Å². The third-order valence-corrected chi connectivity index (χ3v) is 6.79. The average Bonchev–Trinajstić information content (AvgIpc) is 3.33. The molecule has 152 valence electrons. The Morgan fingerprint density at radius 2 is 2.18 bits per heavy atom. The number of hydrogen-bond donors (Lipinski definition) is 1. The van der Waals surface area contributed by atoms with Crippen molar-refractivity contribution < 1.29 is 17.9 Å². The molecule has 2 aliphatic rings. The summed E-state index contributed by atoms with van der Waals surface area (Å²) in [6.45, 7) is 2.15. The number of imidazole rings is 1. The molecule has 4 rings (SSSR count). The molecule has 2 atom stereocenters. The van der Waals surface area contributed by atoms with Gasteiger partial charge in [-0.1, -0.05) is 6.07 Å². The van der Waals surface area contributed by atoms with E-state index in [9.17, 15) is 13.2 Å². The second-order valence-corrected chi connectivity index (χ2v) is 9.56. The number of nitrogens with zero attached hydrogens (tertiary/aromatic N) is 3. The van der Waals surface area contributed by atoms with Crippen LogP contribution < -0.4 is 5.32 Å². The van der Waals surface area contributed by atoms with Gasteiger partial charge in [-0.25, -0.2) is 17.7 Å². The number of carbonyl (C=O) groups excluding carboxylic acids is 1. The second kappa shape index (κ2) is 7.81. The minimum absolute atomic E-state index is 0.0434. The summed E-state index contributed by atoms with van der Waals surface area (Å²) >= 11 is 0. The predicted molar refractivity (Wildman–Crippen MR) is 105 cm³/mol. The standard InChI is InChI=1S/C19H26N4O4S/c1-28(25,26)22-9-4-6-14(13-22)18-21-17(16-8-2-3-10-23(16)18)19(24)20-12-15-7-5-11-27-15/h2-3,8,10,14-15H,4-7,9,11-13H2,1H3,(H,20,24). The Morgan fingerprint density at radius 3 is 2.93 bits per heavy atom. The highest BCUT2D eigenvalue weighted by Crippen LogP contribution is 2.29. The van der Waals surface area contributed by atoms with Crippen molar-refractivity contribution in [3.8, 4) is 0 Å². The molecule has 0 spiro atoms. The number of sulfonamides is 1. The molecule has 2 fully saturated rings. The van der Waals surface area contributed by atoms with E-state index in [0.29, 0.717) is 25.3 Å². The van der Waals surface area contributed by atoms with E-state index >= 15 is 0 Å². The Balaban J connectivity index is 1.60. The molecule has 0 saturated carbocycles. The molecule has 4 heterocycles. The number of nitrogens with one attached hydrogen (secondary N) is 1. The van der Waals surface area contributed by atoms with Crippen molar-refractivity contribution in [2.45, 2.75) is 37.7 Å². The highest BCUT2D eigenvalue weighted by molar-refractivity contribution is 7.88. The molecule has 0 bridgehead atoms. The summed E-state index contributed by atoms with van der Waals surface area (Å²) in [5.74, 6) is 0.477. The van der Waals surface area contributed by atoms with Crippen LogP contribution in [-0.4, -0.2) is 66.6 Å². The van der Waals surface area contributed by atoms with Gasteiger partial charge in [0.2, 0.25) is 10.0 Å². The zero-order valence-electron chi connectivity index (χ0n) is 16.0. The van der Waals surface area contributed by atoms with Gasteiger partial charge in [-0.3, -0.25) is 4.79 Å². The van der Waals surface area contributed by atoms with Crippen LogP contribution in [0.3, 0.4) is 0 Å². The summed E-state index contributed by atoms with van der Waals surface area (Å²) in [5, 5.41) is 2.94. The van der Waals surface area contributed by atoms with Crippen molar-refractivity contribution in [2.75, 3.05) is 32.5 Å². The number of aromatic nitrogens is 2. The summed E-state index contributed by atoms with van der Waals surface area (Å²) in [5.41, 5.74) is 1.11. The van der Waals surface area contributed by atoms with E-state index in [-0.39, 0.29) is 17.9 Å². The predicted octanol–water partition coefficient (Wildman–Crippen LogP) is 1.38. The first kappa shape index (κ1) is 19.4. The number of pyridine rings is 1. The molecule has 2 aromatic rings. The second-order valence-electron chi connectivity index (χ2n) is 7.58. The van der Waals surface area contributed by atoms with E-state index in [1.807, 2.05) is 28.8 Å². The zero-order valence-corrected chi connectivity index (χ0v) is 16.8. The number of amides is 1. The topological polar surface area (TPSA) is 93.0 Å². The molecule has 8 nitrogen and oxygen atoms in total. The van der Waals surface area contributed by atoms with E-state index in [2.05, 4.69) is 10.3 Å². The Bertz CT molecular complexity index is 965. The van der Waals surface area contributed by atoms with Gasteiger partial charge in [0.25, 0.3) is 5.91 Å². The molecule has 0 radical (unpaired) electrons. The molecule has 2 saturated heterocycles. The number of carbonyl (C=O) groups is 1. The number of fused-ring (bicyclic) bond motifs is 1. The molecule has 2 aliphatic heterocycles. The summed E-state index contributed by atoms with van der Waals surface area (Å²) in [7, 11) is -3.24.